The Morgan fingerprint density at radius 2 is 1.91 bits per heavy atom. The van der Waals surface area contributed by atoms with E-state index in [0.29, 0.717) is 60.5 Å². The molecule has 0 radical (unpaired) electrons. The zero-order valence-electron chi connectivity index (χ0n) is 18.3. The van der Waals surface area contributed by atoms with Gasteiger partial charge in [0.15, 0.2) is 5.82 Å². The quantitative estimate of drug-likeness (QED) is 0.437. The monoisotopic (exact) mass is 474 g/mol. The number of aromatic amines is 1. The second kappa shape index (κ2) is 9.36. The number of anilines is 1. The van der Waals surface area contributed by atoms with Gasteiger partial charge in [0.05, 0.1) is 11.2 Å². The number of fused-ring (bicyclic) bond motifs is 1. The highest BCUT2D eigenvalue weighted by atomic mass is 32.1. The first kappa shape index (κ1) is 23.0. The molecule has 2 N–H and O–H groups in total. The lowest BCUT2D eigenvalue weighted by Gasteiger charge is -2.36. The Bertz CT molecular complexity index is 1330. The van der Waals surface area contributed by atoms with Crippen molar-refractivity contribution in [1.29, 1.82) is 0 Å². The van der Waals surface area contributed by atoms with Crippen LogP contribution in [0, 0.1) is 16.4 Å². The first-order chi connectivity index (χ1) is 15.8. The third kappa shape index (κ3) is 4.38. The molecule has 0 atom stereocenters. The molecule has 2 aromatic heterocycles. The van der Waals surface area contributed by atoms with Gasteiger partial charge in [-0.2, -0.15) is 4.39 Å². The fourth-order valence-corrected chi connectivity index (χ4v) is 4.43. The molecule has 1 aliphatic rings. The highest BCUT2D eigenvalue weighted by Crippen LogP contribution is 2.23. The van der Waals surface area contributed by atoms with Gasteiger partial charge in [-0.1, -0.05) is 18.3 Å². The molecule has 1 saturated heterocycles. The Hall–Kier alpha value is -3.18. The Labute approximate surface area is 193 Å². The van der Waals surface area contributed by atoms with Crippen LogP contribution < -0.4 is 15.9 Å². The van der Waals surface area contributed by atoms with Crippen LogP contribution in [-0.2, 0) is 13.1 Å². The third-order valence-corrected chi connectivity index (χ3v) is 6.33. The molecule has 1 amide bonds. The number of hydrogen-bond donors (Lipinski definition) is 2. The number of H-pyrrole nitrogens is 1. The van der Waals surface area contributed by atoms with E-state index in [1.54, 1.807) is 25.1 Å². The number of amides is 1. The van der Waals surface area contributed by atoms with Crippen molar-refractivity contribution in [1.82, 2.24) is 24.8 Å². The van der Waals surface area contributed by atoms with Gasteiger partial charge in [0.1, 0.15) is 10.3 Å². The van der Waals surface area contributed by atoms with E-state index in [2.05, 4.69) is 20.2 Å². The standard InChI is InChI=1S/C22H24F2N6O2S/c1-3-30-21(33)14-5-4-13(17(23)18(14)27-22(30)32)12-28-8-10-29(11-9-28)16-7-6-15(20(31)25-2)26-19(16)24/h4-7H,3,8-12H2,1-2H3,(H,25,31)(H,27,32). The first-order valence-corrected chi connectivity index (χ1v) is 11.0. The molecule has 33 heavy (non-hydrogen) atoms. The fraction of sp³-hybridized carbons (Fsp3) is 0.364. The molecule has 3 heterocycles. The van der Waals surface area contributed by atoms with Gasteiger partial charge in [0.25, 0.3) is 5.91 Å². The average molecular weight is 475 g/mol. The van der Waals surface area contributed by atoms with Crippen molar-refractivity contribution in [3.8, 4) is 0 Å². The summed E-state index contributed by atoms with van der Waals surface area (Å²) in [7, 11) is 1.46. The maximum atomic E-state index is 15.2. The summed E-state index contributed by atoms with van der Waals surface area (Å²) in [6, 6.07) is 6.48. The van der Waals surface area contributed by atoms with E-state index in [9.17, 15) is 14.0 Å². The molecule has 0 bridgehead atoms. The summed E-state index contributed by atoms with van der Waals surface area (Å²) in [5.74, 6) is -1.63. The number of piperazine rings is 1. The Balaban J connectivity index is 1.48. The van der Waals surface area contributed by atoms with Crippen molar-refractivity contribution in [2.24, 2.45) is 0 Å². The molecule has 0 saturated carbocycles. The normalized spacial score (nSPS) is 14.6. The molecule has 0 aliphatic carbocycles. The molecule has 174 valence electrons. The molecule has 1 aliphatic heterocycles. The van der Waals surface area contributed by atoms with Crippen LogP contribution in [0.15, 0.2) is 29.1 Å². The van der Waals surface area contributed by atoms with Crippen LogP contribution in [0.5, 0.6) is 0 Å². The van der Waals surface area contributed by atoms with E-state index in [1.807, 2.05) is 4.90 Å². The second-order valence-corrected chi connectivity index (χ2v) is 8.18. The van der Waals surface area contributed by atoms with E-state index >= 15 is 4.39 Å². The van der Waals surface area contributed by atoms with Crippen LogP contribution in [0.3, 0.4) is 0 Å². The lowest BCUT2D eigenvalue weighted by molar-refractivity contribution is 0.0957. The summed E-state index contributed by atoms with van der Waals surface area (Å²) in [6.45, 7) is 4.78. The fourth-order valence-electron chi connectivity index (χ4n) is 4.05. The number of halogens is 2. The van der Waals surface area contributed by atoms with Crippen LogP contribution in [0.4, 0.5) is 14.5 Å². The largest absolute Gasteiger partial charge is 0.365 e. The van der Waals surface area contributed by atoms with Crippen molar-refractivity contribution in [3.63, 3.8) is 0 Å². The number of pyridine rings is 1. The van der Waals surface area contributed by atoms with E-state index in [-0.39, 0.29) is 11.2 Å². The van der Waals surface area contributed by atoms with Crippen LogP contribution in [0.1, 0.15) is 23.0 Å². The van der Waals surface area contributed by atoms with Crippen molar-refractivity contribution in [3.05, 3.63) is 62.4 Å². The zero-order chi connectivity index (χ0) is 23.7. The van der Waals surface area contributed by atoms with Crippen molar-refractivity contribution >= 4 is 34.7 Å². The van der Waals surface area contributed by atoms with Crippen LogP contribution >= 0.6 is 12.2 Å². The van der Waals surface area contributed by atoms with E-state index < -0.39 is 23.4 Å². The van der Waals surface area contributed by atoms with Gasteiger partial charge in [-0.05, 0) is 25.1 Å². The third-order valence-electron chi connectivity index (χ3n) is 5.89. The molecule has 1 aromatic carbocycles. The van der Waals surface area contributed by atoms with E-state index in [1.165, 1.54) is 17.7 Å². The molecule has 1 fully saturated rings. The number of benzene rings is 1. The minimum Gasteiger partial charge on any atom is -0.365 e. The molecule has 11 heteroatoms. The van der Waals surface area contributed by atoms with E-state index in [4.69, 9.17) is 12.2 Å². The van der Waals surface area contributed by atoms with E-state index in [0.717, 1.165) is 0 Å². The predicted octanol–water partition coefficient (Wildman–Crippen LogP) is 2.43. The number of hydrogen-bond acceptors (Lipinski definition) is 6. The van der Waals surface area contributed by atoms with Gasteiger partial charge in [-0.15, -0.1) is 0 Å². The van der Waals surface area contributed by atoms with Crippen molar-refractivity contribution in [2.45, 2.75) is 20.0 Å². The minimum absolute atomic E-state index is 0.0221. The summed E-state index contributed by atoms with van der Waals surface area (Å²) < 4.78 is 31.4. The van der Waals surface area contributed by atoms with Gasteiger partial charge >= 0.3 is 5.69 Å². The second-order valence-electron chi connectivity index (χ2n) is 7.79. The topological polar surface area (TPSA) is 86.3 Å². The lowest BCUT2D eigenvalue weighted by atomic mass is 10.1. The number of carbonyl (C=O) groups is 1. The van der Waals surface area contributed by atoms with Gasteiger partial charge < -0.3 is 15.2 Å². The van der Waals surface area contributed by atoms with Gasteiger partial charge in [0.2, 0.25) is 5.95 Å². The summed E-state index contributed by atoms with van der Waals surface area (Å²) in [5.41, 5.74) is 0.499. The molecule has 3 aromatic rings. The highest BCUT2D eigenvalue weighted by Gasteiger charge is 2.22. The van der Waals surface area contributed by atoms with Crippen molar-refractivity contribution in [2.75, 3.05) is 38.1 Å². The van der Waals surface area contributed by atoms with Crippen LogP contribution in [0.25, 0.3) is 10.9 Å². The number of aromatic nitrogens is 3. The zero-order valence-corrected chi connectivity index (χ0v) is 19.1. The molecular formula is C22H24F2N6O2S. The summed E-state index contributed by atoms with van der Waals surface area (Å²) in [5, 5.41) is 2.92. The van der Waals surface area contributed by atoms with Crippen LogP contribution in [-0.4, -0.2) is 58.6 Å². The molecule has 4 rings (SSSR count). The SMILES string of the molecule is CCn1c(=O)[nH]c2c(F)c(CN3CCN(c4ccc(C(=O)NC)nc4F)CC3)ccc2c1=S. The molecule has 8 nitrogen and oxygen atoms in total. The predicted molar refractivity (Wildman–Crippen MR) is 124 cm³/mol. The molecule has 0 unspecified atom stereocenters. The highest BCUT2D eigenvalue weighted by molar-refractivity contribution is 7.71. The summed E-state index contributed by atoms with van der Waals surface area (Å²) in [4.78, 5) is 34.1. The minimum atomic E-state index is -0.696. The average Bonchev–Trinajstić information content (AvgIpc) is 2.81. The first-order valence-electron chi connectivity index (χ1n) is 10.6. The summed E-state index contributed by atoms with van der Waals surface area (Å²) in [6.07, 6.45) is 0. The van der Waals surface area contributed by atoms with Gasteiger partial charge in [-0.25, -0.2) is 14.2 Å². The van der Waals surface area contributed by atoms with Gasteiger partial charge in [0, 0.05) is 57.3 Å². The Morgan fingerprint density at radius 1 is 1.18 bits per heavy atom. The maximum absolute atomic E-state index is 15.2. The molecular weight excluding hydrogens is 450 g/mol. The Kier molecular flexibility index (Phi) is 6.52. The maximum Gasteiger partial charge on any atom is 0.327 e. The van der Waals surface area contributed by atoms with Gasteiger partial charge in [-0.3, -0.25) is 14.3 Å². The molecule has 0 spiro atoms. The number of carbonyl (C=O) groups excluding carboxylic acids is 1. The smallest absolute Gasteiger partial charge is 0.327 e. The Morgan fingerprint density at radius 3 is 2.55 bits per heavy atom. The number of nitrogens with one attached hydrogen (secondary N) is 2. The lowest BCUT2D eigenvalue weighted by Crippen LogP contribution is -2.46. The summed E-state index contributed by atoms with van der Waals surface area (Å²) >= 11 is 5.35. The number of rotatable bonds is 5. The van der Waals surface area contributed by atoms with Crippen LogP contribution in [0.2, 0.25) is 0 Å². The number of nitrogens with zero attached hydrogens (tertiary/aromatic N) is 4. The van der Waals surface area contributed by atoms with Crippen molar-refractivity contribution < 1.29 is 13.6 Å².